The Morgan fingerprint density at radius 2 is 1.81 bits per heavy atom. The number of ether oxygens (including phenoxy) is 2. The van der Waals surface area contributed by atoms with E-state index >= 15 is 0 Å². The molecule has 0 fully saturated rings. The van der Waals surface area contributed by atoms with Crippen LogP contribution in [0.5, 0.6) is 11.5 Å². The minimum absolute atomic E-state index is 0.334. The minimum Gasteiger partial charge on any atom is -0.493 e. The van der Waals surface area contributed by atoms with Gasteiger partial charge in [0, 0.05) is 10.9 Å². The van der Waals surface area contributed by atoms with Crippen molar-refractivity contribution in [2.75, 3.05) is 14.2 Å². The Labute approximate surface area is 129 Å². The number of hydrogen-bond donors (Lipinski definition) is 1. The maximum atomic E-state index is 6.41. The number of benzene rings is 1. The Bertz CT molecular complexity index is 606. The fraction of sp³-hybridized carbons (Fsp3) is 0.438. The van der Waals surface area contributed by atoms with E-state index in [-0.39, 0.29) is 5.54 Å². The van der Waals surface area contributed by atoms with Gasteiger partial charge in [0.2, 0.25) is 0 Å². The average molecular weight is 306 g/mol. The van der Waals surface area contributed by atoms with Gasteiger partial charge in [0.15, 0.2) is 11.5 Å². The molecule has 0 spiro atoms. The lowest BCUT2D eigenvalue weighted by atomic mass is 9.95. The molecule has 0 aliphatic rings. The fourth-order valence-corrected chi connectivity index (χ4v) is 3.27. The summed E-state index contributed by atoms with van der Waals surface area (Å²) >= 11 is 1.62. The Kier molecular flexibility index (Phi) is 4.85. The van der Waals surface area contributed by atoms with Crippen molar-refractivity contribution in [1.82, 2.24) is 4.98 Å². The lowest BCUT2D eigenvalue weighted by Crippen LogP contribution is -2.34. The van der Waals surface area contributed by atoms with E-state index < -0.39 is 0 Å². The summed E-state index contributed by atoms with van der Waals surface area (Å²) in [6, 6.07) is 5.81. The van der Waals surface area contributed by atoms with Gasteiger partial charge in [-0.15, -0.1) is 11.3 Å². The molecule has 2 rings (SSSR count). The van der Waals surface area contributed by atoms with E-state index in [1.54, 1.807) is 25.6 Å². The molecule has 0 bridgehead atoms. The molecule has 1 aromatic carbocycles. The van der Waals surface area contributed by atoms with Gasteiger partial charge in [-0.2, -0.15) is 0 Å². The highest BCUT2D eigenvalue weighted by Crippen LogP contribution is 2.35. The molecule has 0 amide bonds. The normalized spacial score (nSPS) is 11.5. The molecule has 0 saturated carbocycles. The van der Waals surface area contributed by atoms with Crippen LogP contribution < -0.4 is 15.2 Å². The number of nitrogens with two attached hydrogens (primary N) is 1. The highest BCUT2D eigenvalue weighted by molar-refractivity contribution is 7.10. The third-order valence-electron chi connectivity index (χ3n) is 3.87. The van der Waals surface area contributed by atoms with Crippen LogP contribution in [0.25, 0.3) is 11.3 Å². The first-order valence-electron chi connectivity index (χ1n) is 7.05. The van der Waals surface area contributed by atoms with Crippen molar-refractivity contribution in [2.45, 2.75) is 32.2 Å². The van der Waals surface area contributed by atoms with Gasteiger partial charge in [0.1, 0.15) is 5.01 Å². The van der Waals surface area contributed by atoms with Gasteiger partial charge >= 0.3 is 0 Å². The van der Waals surface area contributed by atoms with E-state index in [1.807, 2.05) is 23.6 Å². The molecule has 5 heteroatoms. The summed E-state index contributed by atoms with van der Waals surface area (Å²) in [5.74, 6) is 1.42. The van der Waals surface area contributed by atoms with E-state index in [0.717, 1.165) is 29.1 Å². The van der Waals surface area contributed by atoms with Crippen LogP contribution in [0.3, 0.4) is 0 Å². The molecule has 2 N–H and O–H groups in total. The van der Waals surface area contributed by atoms with Crippen molar-refractivity contribution in [3.63, 3.8) is 0 Å². The summed E-state index contributed by atoms with van der Waals surface area (Å²) in [6.07, 6.45) is 1.75. The molecule has 21 heavy (non-hydrogen) atoms. The van der Waals surface area contributed by atoms with Crippen LogP contribution in [0.15, 0.2) is 23.6 Å². The number of aromatic nitrogens is 1. The van der Waals surface area contributed by atoms with Crippen molar-refractivity contribution in [2.24, 2.45) is 5.73 Å². The van der Waals surface area contributed by atoms with Crippen molar-refractivity contribution >= 4 is 11.3 Å². The monoisotopic (exact) mass is 306 g/mol. The van der Waals surface area contributed by atoms with Crippen LogP contribution in [0, 0.1) is 0 Å². The molecule has 2 aromatic rings. The maximum absolute atomic E-state index is 6.41. The van der Waals surface area contributed by atoms with Crippen LogP contribution in [-0.4, -0.2) is 19.2 Å². The van der Waals surface area contributed by atoms with Gasteiger partial charge in [-0.05, 0) is 31.0 Å². The SMILES string of the molecule is CCC(N)(CC)c1nc(-c2ccc(OC)c(OC)c2)cs1. The topological polar surface area (TPSA) is 57.4 Å². The summed E-state index contributed by atoms with van der Waals surface area (Å²) in [5, 5.41) is 3.03. The van der Waals surface area contributed by atoms with E-state index in [0.29, 0.717) is 11.5 Å². The van der Waals surface area contributed by atoms with Gasteiger partial charge in [-0.25, -0.2) is 4.98 Å². The van der Waals surface area contributed by atoms with Crippen molar-refractivity contribution in [3.8, 4) is 22.8 Å². The van der Waals surface area contributed by atoms with Crippen molar-refractivity contribution < 1.29 is 9.47 Å². The number of rotatable bonds is 6. The number of nitrogens with zero attached hydrogens (tertiary/aromatic N) is 1. The summed E-state index contributed by atoms with van der Waals surface area (Å²) in [6.45, 7) is 4.20. The van der Waals surface area contributed by atoms with Crippen LogP contribution in [-0.2, 0) is 5.54 Å². The summed E-state index contributed by atoms with van der Waals surface area (Å²) in [7, 11) is 3.26. The number of methoxy groups -OCH3 is 2. The Balaban J connectivity index is 2.38. The van der Waals surface area contributed by atoms with Crippen LogP contribution >= 0.6 is 11.3 Å². The summed E-state index contributed by atoms with van der Waals surface area (Å²) in [5.41, 5.74) is 8.01. The largest absolute Gasteiger partial charge is 0.493 e. The van der Waals surface area contributed by atoms with Crippen LogP contribution in [0.4, 0.5) is 0 Å². The first kappa shape index (κ1) is 15.8. The molecular formula is C16H22N2O2S. The quantitative estimate of drug-likeness (QED) is 0.882. The second-order valence-corrected chi connectivity index (χ2v) is 5.83. The van der Waals surface area contributed by atoms with E-state index in [9.17, 15) is 0 Å². The van der Waals surface area contributed by atoms with Crippen LogP contribution in [0.1, 0.15) is 31.7 Å². The minimum atomic E-state index is -0.334. The van der Waals surface area contributed by atoms with Gasteiger partial charge in [0.25, 0.3) is 0 Å². The second-order valence-electron chi connectivity index (χ2n) is 4.97. The second kappa shape index (κ2) is 6.45. The molecule has 114 valence electrons. The predicted octanol–water partition coefficient (Wildman–Crippen LogP) is 3.80. The van der Waals surface area contributed by atoms with E-state index in [4.69, 9.17) is 20.2 Å². The Morgan fingerprint density at radius 1 is 1.14 bits per heavy atom. The summed E-state index contributed by atoms with van der Waals surface area (Å²) < 4.78 is 10.6. The fourth-order valence-electron chi connectivity index (χ4n) is 2.18. The van der Waals surface area contributed by atoms with E-state index in [1.165, 1.54) is 0 Å². The molecule has 0 radical (unpaired) electrons. The molecule has 0 aliphatic heterocycles. The zero-order chi connectivity index (χ0) is 15.5. The lowest BCUT2D eigenvalue weighted by molar-refractivity contribution is 0.355. The highest BCUT2D eigenvalue weighted by atomic mass is 32.1. The molecule has 1 aromatic heterocycles. The van der Waals surface area contributed by atoms with Crippen LogP contribution in [0.2, 0.25) is 0 Å². The third kappa shape index (κ3) is 3.04. The lowest BCUT2D eigenvalue weighted by Gasteiger charge is -2.23. The van der Waals surface area contributed by atoms with Crippen molar-refractivity contribution in [3.05, 3.63) is 28.6 Å². The first-order chi connectivity index (χ1) is 10.1. The van der Waals surface area contributed by atoms with Crippen molar-refractivity contribution in [1.29, 1.82) is 0 Å². The number of hydrogen-bond acceptors (Lipinski definition) is 5. The molecule has 0 aliphatic carbocycles. The number of thiazole rings is 1. The third-order valence-corrected chi connectivity index (χ3v) is 4.93. The molecular weight excluding hydrogens is 284 g/mol. The molecule has 0 atom stereocenters. The zero-order valence-electron chi connectivity index (χ0n) is 13.0. The van der Waals surface area contributed by atoms with Gasteiger partial charge < -0.3 is 15.2 Å². The van der Waals surface area contributed by atoms with Gasteiger partial charge in [0.05, 0.1) is 25.5 Å². The summed E-state index contributed by atoms with van der Waals surface area (Å²) in [4.78, 5) is 4.72. The first-order valence-corrected chi connectivity index (χ1v) is 7.93. The Hall–Kier alpha value is -1.59. The Morgan fingerprint density at radius 3 is 2.38 bits per heavy atom. The molecule has 0 saturated heterocycles. The highest BCUT2D eigenvalue weighted by Gasteiger charge is 2.26. The smallest absolute Gasteiger partial charge is 0.161 e. The average Bonchev–Trinajstić information content (AvgIpc) is 3.04. The van der Waals surface area contributed by atoms with E-state index in [2.05, 4.69) is 13.8 Å². The molecule has 4 nitrogen and oxygen atoms in total. The van der Waals surface area contributed by atoms with Gasteiger partial charge in [-0.3, -0.25) is 0 Å². The maximum Gasteiger partial charge on any atom is 0.161 e. The predicted molar refractivity (Wildman–Crippen MR) is 87.1 cm³/mol. The zero-order valence-corrected chi connectivity index (χ0v) is 13.8. The standard InChI is InChI=1S/C16H22N2O2S/c1-5-16(17,6-2)15-18-12(10-21-15)11-7-8-13(19-3)14(9-11)20-4/h7-10H,5-6,17H2,1-4H3. The molecule has 1 heterocycles. The van der Waals surface area contributed by atoms with Gasteiger partial charge in [-0.1, -0.05) is 13.8 Å². The molecule has 0 unspecified atom stereocenters.